The minimum Gasteiger partial charge on any atom is -0.391 e. The molecule has 1 aliphatic rings. The molecule has 140 valence electrons. The van der Waals surface area contributed by atoms with Gasteiger partial charge in [0, 0.05) is 6.54 Å². The molecule has 1 aliphatic heterocycles. The highest BCUT2D eigenvalue weighted by Crippen LogP contribution is 2.11. The highest BCUT2D eigenvalue weighted by Gasteiger charge is 2.30. The number of amides is 1. The maximum Gasteiger partial charge on any atom is 0.239 e. The lowest BCUT2D eigenvalue weighted by Crippen LogP contribution is -2.46. The molecule has 0 aliphatic carbocycles. The normalized spacial score (nSPS) is 19.9. The van der Waals surface area contributed by atoms with E-state index in [1.165, 1.54) is 49.7 Å². The van der Waals surface area contributed by atoms with E-state index in [4.69, 9.17) is 0 Å². The largest absolute Gasteiger partial charge is 0.391 e. The monoisotopic (exact) mass is 346 g/mol. The Morgan fingerprint density at radius 3 is 2.36 bits per heavy atom. The standard InChI is InChI=1S/C21H34N2O2/c1-2-3-4-5-6-7-8-17-9-11-18(12-10-17)13-15-23-21(25)20-19(24)14-16-22-20/h9-12,19-20,22,24H,2-8,13-16H2,1H3,(H,23,25)/t19-,20?/m0/s1. The van der Waals surface area contributed by atoms with Gasteiger partial charge in [0.25, 0.3) is 0 Å². The van der Waals surface area contributed by atoms with Crippen LogP contribution in [0.5, 0.6) is 0 Å². The van der Waals surface area contributed by atoms with Gasteiger partial charge in [0.05, 0.1) is 6.10 Å². The summed E-state index contributed by atoms with van der Waals surface area (Å²) < 4.78 is 0. The van der Waals surface area contributed by atoms with Crippen molar-refractivity contribution in [3.05, 3.63) is 35.4 Å². The van der Waals surface area contributed by atoms with Crippen LogP contribution in [-0.4, -0.2) is 36.2 Å². The number of carbonyl (C=O) groups excluding carboxylic acids is 1. The lowest BCUT2D eigenvalue weighted by molar-refractivity contribution is -0.124. The van der Waals surface area contributed by atoms with Gasteiger partial charge >= 0.3 is 0 Å². The molecule has 1 aromatic rings. The molecule has 2 atom stereocenters. The van der Waals surface area contributed by atoms with Crippen LogP contribution in [0.15, 0.2) is 24.3 Å². The molecule has 1 aromatic carbocycles. The zero-order valence-corrected chi connectivity index (χ0v) is 15.6. The topological polar surface area (TPSA) is 61.4 Å². The number of rotatable bonds is 11. The number of carbonyl (C=O) groups is 1. The van der Waals surface area contributed by atoms with Crippen LogP contribution in [0.1, 0.15) is 63.0 Å². The number of nitrogens with one attached hydrogen (secondary N) is 2. The molecule has 25 heavy (non-hydrogen) atoms. The fraction of sp³-hybridized carbons (Fsp3) is 0.667. The van der Waals surface area contributed by atoms with Gasteiger partial charge in [0.1, 0.15) is 6.04 Å². The number of aliphatic hydroxyl groups excluding tert-OH is 1. The molecule has 4 heteroatoms. The highest BCUT2D eigenvalue weighted by molar-refractivity contribution is 5.82. The summed E-state index contributed by atoms with van der Waals surface area (Å²) in [6.45, 7) is 3.57. The molecule has 2 rings (SSSR count). The van der Waals surface area contributed by atoms with Gasteiger partial charge in [-0.3, -0.25) is 4.79 Å². The third kappa shape index (κ3) is 7.17. The SMILES string of the molecule is CCCCCCCCc1ccc(CCNC(=O)C2NCC[C@@H]2O)cc1. The van der Waals surface area contributed by atoms with Crippen molar-refractivity contribution >= 4 is 5.91 Å². The first kappa shape index (κ1) is 19.9. The maximum absolute atomic E-state index is 12.0. The van der Waals surface area contributed by atoms with Crippen molar-refractivity contribution in [1.29, 1.82) is 0 Å². The van der Waals surface area contributed by atoms with Crippen LogP contribution in [0.2, 0.25) is 0 Å². The van der Waals surface area contributed by atoms with Crippen molar-refractivity contribution in [2.24, 2.45) is 0 Å². The molecule has 1 heterocycles. The Morgan fingerprint density at radius 1 is 1.08 bits per heavy atom. The number of aryl methyl sites for hydroxylation is 1. The van der Waals surface area contributed by atoms with Gasteiger partial charge in [0.2, 0.25) is 5.91 Å². The first-order chi connectivity index (χ1) is 12.2. The molecule has 1 amide bonds. The summed E-state index contributed by atoms with van der Waals surface area (Å²) in [5.74, 6) is -0.0929. The molecular formula is C21H34N2O2. The molecule has 0 aromatic heterocycles. The molecule has 1 fully saturated rings. The van der Waals surface area contributed by atoms with Crippen molar-refractivity contribution in [2.45, 2.75) is 76.9 Å². The number of hydrogen-bond donors (Lipinski definition) is 3. The van der Waals surface area contributed by atoms with Crippen LogP contribution >= 0.6 is 0 Å². The van der Waals surface area contributed by atoms with E-state index in [0.29, 0.717) is 19.5 Å². The summed E-state index contributed by atoms with van der Waals surface area (Å²) >= 11 is 0. The zero-order valence-electron chi connectivity index (χ0n) is 15.6. The first-order valence-corrected chi connectivity index (χ1v) is 9.97. The molecule has 0 spiro atoms. The van der Waals surface area contributed by atoms with Crippen molar-refractivity contribution in [2.75, 3.05) is 13.1 Å². The van der Waals surface area contributed by atoms with Crippen molar-refractivity contribution in [1.82, 2.24) is 10.6 Å². The minimum absolute atomic E-state index is 0.0929. The Labute approximate surface area is 152 Å². The van der Waals surface area contributed by atoms with E-state index < -0.39 is 12.1 Å². The first-order valence-electron chi connectivity index (χ1n) is 9.97. The third-order valence-corrected chi connectivity index (χ3v) is 5.03. The van der Waals surface area contributed by atoms with Crippen LogP contribution in [0.3, 0.4) is 0 Å². The Balaban J connectivity index is 1.60. The molecular weight excluding hydrogens is 312 g/mol. The summed E-state index contributed by atoms with van der Waals surface area (Å²) in [7, 11) is 0. The lowest BCUT2D eigenvalue weighted by atomic mass is 10.0. The maximum atomic E-state index is 12.0. The average molecular weight is 347 g/mol. The minimum atomic E-state index is -0.554. The van der Waals surface area contributed by atoms with E-state index in [-0.39, 0.29) is 5.91 Å². The molecule has 3 N–H and O–H groups in total. The van der Waals surface area contributed by atoms with Crippen LogP contribution in [0.4, 0.5) is 0 Å². The Bertz CT molecular complexity index is 501. The highest BCUT2D eigenvalue weighted by atomic mass is 16.3. The Kier molecular flexibility index (Phi) is 8.98. The fourth-order valence-electron chi connectivity index (χ4n) is 3.38. The quantitative estimate of drug-likeness (QED) is 0.540. The van der Waals surface area contributed by atoms with E-state index >= 15 is 0 Å². The molecule has 1 saturated heterocycles. The van der Waals surface area contributed by atoms with Gasteiger partial charge in [-0.05, 0) is 43.4 Å². The molecule has 4 nitrogen and oxygen atoms in total. The summed E-state index contributed by atoms with van der Waals surface area (Å²) in [6.07, 6.45) is 10.1. The molecule has 0 saturated carbocycles. The van der Waals surface area contributed by atoms with E-state index in [2.05, 4.69) is 41.8 Å². The van der Waals surface area contributed by atoms with Gasteiger partial charge < -0.3 is 15.7 Å². The zero-order chi connectivity index (χ0) is 17.9. The van der Waals surface area contributed by atoms with Gasteiger partial charge in [-0.15, -0.1) is 0 Å². The van der Waals surface area contributed by atoms with E-state index in [1.807, 2.05) is 0 Å². The molecule has 0 bridgehead atoms. The second-order valence-electron chi connectivity index (χ2n) is 7.16. The number of unbranched alkanes of at least 4 members (excludes halogenated alkanes) is 5. The Morgan fingerprint density at radius 2 is 1.72 bits per heavy atom. The number of hydrogen-bond acceptors (Lipinski definition) is 3. The van der Waals surface area contributed by atoms with Crippen LogP contribution in [0, 0.1) is 0 Å². The second kappa shape index (κ2) is 11.3. The Hall–Kier alpha value is -1.39. The van der Waals surface area contributed by atoms with Crippen molar-refractivity contribution in [3.63, 3.8) is 0 Å². The summed E-state index contributed by atoms with van der Waals surface area (Å²) in [6, 6.07) is 8.32. The predicted octanol–water partition coefficient (Wildman–Crippen LogP) is 2.97. The molecule has 1 unspecified atom stereocenters. The second-order valence-corrected chi connectivity index (χ2v) is 7.16. The molecule has 0 radical (unpaired) electrons. The van der Waals surface area contributed by atoms with Crippen molar-refractivity contribution < 1.29 is 9.90 Å². The summed E-state index contributed by atoms with van der Waals surface area (Å²) in [5, 5.41) is 15.7. The average Bonchev–Trinajstić information content (AvgIpc) is 3.05. The fourth-order valence-corrected chi connectivity index (χ4v) is 3.38. The van der Waals surface area contributed by atoms with Crippen molar-refractivity contribution in [3.8, 4) is 0 Å². The van der Waals surface area contributed by atoms with Gasteiger partial charge in [-0.2, -0.15) is 0 Å². The van der Waals surface area contributed by atoms with Crippen LogP contribution < -0.4 is 10.6 Å². The summed E-state index contributed by atoms with van der Waals surface area (Å²) in [4.78, 5) is 12.0. The number of benzene rings is 1. The van der Waals surface area contributed by atoms with Gasteiger partial charge in [0.15, 0.2) is 0 Å². The van der Waals surface area contributed by atoms with E-state index in [0.717, 1.165) is 12.8 Å². The van der Waals surface area contributed by atoms with Crippen LogP contribution in [0.25, 0.3) is 0 Å². The summed E-state index contributed by atoms with van der Waals surface area (Å²) in [5.41, 5.74) is 2.65. The van der Waals surface area contributed by atoms with Gasteiger partial charge in [-0.1, -0.05) is 63.3 Å². The smallest absolute Gasteiger partial charge is 0.239 e. The third-order valence-electron chi connectivity index (χ3n) is 5.03. The number of aliphatic hydroxyl groups is 1. The van der Waals surface area contributed by atoms with Gasteiger partial charge in [-0.25, -0.2) is 0 Å². The van der Waals surface area contributed by atoms with Crippen LogP contribution in [-0.2, 0) is 17.6 Å². The lowest BCUT2D eigenvalue weighted by Gasteiger charge is -2.14. The van der Waals surface area contributed by atoms with E-state index in [1.54, 1.807) is 0 Å². The predicted molar refractivity (Wildman–Crippen MR) is 103 cm³/mol. The van der Waals surface area contributed by atoms with E-state index in [9.17, 15) is 9.90 Å².